The SMILES string of the molecule is Cc1ccc(C)c(S(=O)(=O)N(CCC(C)C)C2CC2)c1N. The van der Waals surface area contributed by atoms with Crippen LogP contribution in [0.5, 0.6) is 0 Å². The first-order chi connectivity index (χ1) is 9.75. The van der Waals surface area contributed by atoms with E-state index in [0.717, 1.165) is 30.4 Å². The van der Waals surface area contributed by atoms with Crippen LogP contribution in [0.4, 0.5) is 5.69 Å². The predicted molar refractivity (Wildman–Crippen MR) is 86.7 cm³/mol. The number of benzene rings is 1. The molecule has 1 saturated carbocycles. The van der Waals surface area contributed by atoms with E-state index in [4.69, 9.17) is 5.73 Å². The van der Waals surface area contributed by atoms with Gasteiger partial charge >= 0.3 is 0 Å². The molecule has 0 aliphatic heterocycles. The van der Waals surface area contributed by atoms with Crippen molar-refractivity contribution in [3.05, 3.63) is 23.3 Å². The van der Waals surface area contributed by atoms with Gasteiger partial charge in [0.25, 0.3) is 0 Å². The van der Waals surface area contributed by atoms with E-state index in [9.17, 15) is 8.42 Å². The van der Waals surface area contributed by atoms with Crippen LogP contribution in [0.15, 0.2) is 17.0 Å². The molecule has 118 valence electrons. The average Bonchev–Trinajstić information content (AvgIpc) is 3.18. The largest absolute Gasteiger partial charge is 0.397 e. The predicted octanol–water partition coefficient (Wildman–Crippen LogP) is 3.08. The van der Waals surface area contributed by atoms with Crippen molar-refractivity contribution in [1.29, 1.82) is 0 Å². The molecule has 0 atom stereocenters. The Morgan fingerprint density at radius 2 is 1.81 bits per heavy atom. The number of hydrogen-bond acceptors (Lipinski definition) is 3. The van der Waals surface area contributed by atoms with Gasteiger partial charge in [-0.3, -0.25) is 0 Å². The highest BCUT2D eigenvalue weighted by Gasteiger charge is 2.39. The third-order valence-electron chi connectivity index (χ3n) is 4.06. The van der Waals surface area contributed by atoms with Crippen molar-refractivity contribution in [2.24, 2.45) is 5.92 Å². The van der Waals surface area contributed by atoms with Crippen LogP contribution < -0.4 is 5.73 Å². The van der Waals surface area contributed by atoms with Crippen LogP contribution in [-0.4, -0.2) is 25.3 Å². The van der Waals surface area contributed by atoms with Crippen LogP contribution in [0.2, 0.25) is 0 Å². The second-order valence-corrected chi connectivity index (χ2v) is 8.30. The maximum atomic E-state index is 13.1. The molecule has 21 heavy (non-hydrogen) atoms. The Morgan fingerprint density at radius 1 is 1.24 bits per heavy atom. The van der Waals surface area contributed by atoms with Gasteiger partial charge in [0, 0.05) is 12.6 Å². The summed E-state index contributed by atoms with van der Waals surface area (Å²) in [6.45, 7) is 8.48. The normalized spacial score (nSPS) is 15.9. The number of anilines is 1. The van der Waals surface area contributed by atoms with Gasteiger partial charge < -0.3 is 5.73 Å². The number of hydrogen-bond donors (Lipinski definition) is 1. The fourth-order valence-electron chi connectivity index (χ4n) is 2.51. The summed E-state index contributed by atoms with van der Waals surface area (Å²) in [5.41, 5.74) is 8.02. The second kappa shape index (κ2) is 5.97. The summed E-state index contributed by atoms with van der Waals surface area (Å²) in [7, 11) is -3.51. The average molecular weight is 310 g/mol. The van der Waals surface area contributed by atoms with E-state index in [-0.39, 0.29) is 6.04 Å². The highest BCUT2D eigenvalue weighted by Crippen LogP contribution is 2.36. The summed E-state index contributed by atoms with van der Waals surface area (Å²) >= 11 is 0. The van der Waals surface area contributed by atoms with Gasteiger partial charge in [-0.1, -0.05) is 26.0 Å². The summed E-state index contributed by atoms with van der Waals surface area (Å²) in [4.78, 5) is 0.304. The molecule has 0 bridgehead atoms. The lowest BCUT2D eigenvalue weighted by molar-refractivity contribution is 0.373. The maximum absolute atomic E-state index is 13.1. The minimum Gasteiger partial charge on any atom is -0.397 e. The first-order valence-corrected chi connectivity index (χ1v) is 9.06. The molecule has 5 heteroatoms. The monoisotopic (exact) mass is 310 g/mol. The van der Waals surface area contributed by atoms with Crippen LogP contribution in [0.1, 0.15) is 44.2 Å². The summed E-state index contributed by atoms with van der Waals surface area (Å²) in [6, 6.07) is 3.87. The van der Waals surface area contributed by atoms with E-state index in [2.05, 4.69) is 13.8 Å². The molecule has 0 heterocycles. The summed E-state index contributed by atoms with van der Waals surface area (Å²) in [5.74, 6) is 0.484. The van der Waals surface area contributed by atoms with Crippen molar-refractivity contribution in [3.63, 3.8) is 0 Å². The number of nitrogens with zero attached hydrogens (tertiary/aromatic N) is 1. The zero-order valence-corrected chi connectivity index (χ0v) is 14.2. The molecule has 1 aromatic rings. The van der Waals surface area contributed by atoms with Gasteiger partial charge in [0.05, 0.1) is 5.69 Å². The number of rotatable bonds is 6. The molecular weight excluding hydrogens is 284 g/mol. The number of nitrogens with two attached hydrogens (primary N) is 1. The smallest absolute Gasteiger partial charge is 0.245 e. The molecule has 2 N–H and O–H groups in total. The van der Waals surface area contributed by atoms with Gasteiger partial charge in [0.2, 0.25) is 10.0 Å². The number of aryl methyl sites for hydroxylation is 2. The van der Waals surface area contributed by atoms with Crippen molar-refractivity contribution in [2.75, 3.05) is 12.3 Å². The minimum absolute atomic E-state index is 0.160. The molecule has 0 radical (unpaired) electrons. The fourth-order valence-corrected chi connectivity index (χ4v) is 4.61. The van der Waals surface area contributed by atoms with Crippen LogP contribution in [0, 0.1) is 19.8 Å². The Morgan fingerprint density at radius 3 is 2.33 bits per heavy atom. The van der Waals surface area contributed by atoms with Gasteiger partial charge in [0.15, 0.2) is 0 Å². The third kappa shape index (κ3) is 3.40. The molecule has 1 aliphatic carbocycles. The van der Waals surface area contributed by atoms with Crippen LogP contribution >= 0.6 is 0 Å². The molecule has 0 unspecified atom stereocenters. The fraction of sp³-hybridized carbons (Fsp3) is 0.625. The van der Waals surface area contributed by atoms with E-state index in [1.165, 1.54) is 0 Å². The Kier molecular flexibility index (Phi) is 4.63. The Hall–Kier alpha value is -1.07. The van der Waals surface area contributed by atoms with Gasteiger partial charge in [-0.2, -0.15) is 4.31 Å². The Balaban J connectivity index is 2.41. The lowest BCUT2D eigenvalue weighted by atomic mass is 10.1. The Bertz CT molecular complexity index is 619. The lowest BCUT2D eigenvalue weighted by Crippen LogP contribution is -2.35. The molecule has 1 aromatic carbocycles. The van der Waals surface area contributed by atoms with Crippen molar-refractivity contribution in [2.45, 2.75) is 57.9 Å². The number of nitrogen functional groups attached to an aromatic ring is 1. The van der Waals surface area contributed by atoms with Gasteiger partial charge in [-0.25, -0.2) is 8.42 Å². The van der Waals surface area contributed by atoms with Crippen molar-refractivity contribution >= 4 is 15.7 Å². The van der Waals surface area contributed by atoms with E-state index in [0.29, 0.717) is 23.0 Å². The molecule has 1 aliphatic rings. The summed E-state index contributed by atoms with van der Waals surface area (Å²) in [6.07, 6.45) is 2.80. The van der Waals surface area contributed by atoms with Gasteiger partial charge in [0.1, 0.15) is 4.90 Å². The minimum atomic E-state index is -3.51. The highest BCUT2D eigenvalue weighted by atomic mass is 32.2. The second-order valence-electron chi connectivity index (χ2n) is 6.47. The molecule has 0 amide bonds. The molecule has 0 saturated heterocycles. The molecule has 4 nitrogen and oxygen atoms in total. The zero-order chi connectivity index (χ0) is 15.8. The third-order valence-corrected chi connectivity index (χ3v) is 6.21. The van der Waals surface area contributed by atoms with Crippen molar-refractivity contribution in [1.82, 2.24) is 4.31 Å². The molecular formula is C16H26N2O2S. The van der Waals surface area contributed by atoms with E-state index >= 15 is 0 Å². The van der Waals surface area contributed by atoms with Crippen LogP contribution in [0.25, 0.3) is 0 Å². The molecule has 0 aromatic heterocycles. The quantitative estimate of drug-likeness (QED) is 0.821. The van der Waals surface area contributed by atoms with Crippen molar-refractivity contribution < 1.29 is 8.42 Å². The first kappa shape index (κ1) is 16.3. The molecule has 1 fully saturated rings. The topological polar surface area (TPSA) is 63.4 Å². The van der Waals surface area contributed by atoms with Crippen LogP contribution in [0.3, 0.4) is 0 Å². The number of sulfonamides is 1. The summed E-state index contributed by atoms with van der Waals surface area (Å²) < 4.78 is 27.8. The maximum Gasteiger partial charge on any atom is 0.245 e. The summed E-state index contributed by atoms with van der Waals surface area (Å²) in [5, 5.41) is 0. The van der Waals surface area contributed by atoms with Gasteiger partial charge in [-0.15, -0.1) is 0 Å². The standard InChI is InChI=1S/C16H26N2O2S/c1-11(2)9-10-18(14-7-8-14)21(19,20)16-13(4)6-5-12(3)15(16)17/h5-6,11,14H,7-10,17H2,1-4H3. The Labute approximate surface area is 128 Å². The lowest BCUT2D eigenvalue weighted by Gasteiger charge is -2.25. The van der Waals surface area contributed by atoms with Crippen LogP contribution in [-0.2, 0) is 10.0 Å². The van der Waals surface area contributed by atoms with E-state index in [1.807, 2.05) is 26.0 Å². The highest BCUT2D eigenvalue weighted by molar-refractivity contribution is 7.89. The van der Waals surface area contributed by atoms with E-state index in [1.54, 1.807) is 4.31 Å². The van der Waals surface area contributed by atoms with Crippen molar-refractivity contribution in [3.8, 4) is 0 Å². The molecule has 0 spiro atoms. The van der Waals surface area contributed by atoms with E-state index < -0.39 is 10.0 Å². The molecule has 2 rings (SSSR count). The zero-order valence-electron chi connectivity index (χ0n) is 13.4. The first-order valence-electron chi connectivity index (χ1n) is 7.62. The van der Waals surface area contributed by atoms with Gasteiger partial charge in [-0.05, 0) is 50.2 Å².